The van der Waals surface area contributed by atoms with Gasteiger partial charge in [-0.25, -0.2) is 0 Å². The van der Waals surface area contributed by atoms with Crippen molar-refractivity contribution in [3.8, 4) is 0 Å². The number of carbonyl (C=O) groups is 1. The lowest BCUT2D eigenvalue weighted by Crippen LogP contribution is -2.42. The van der Waals surface area contributed by atoms with E-state index in [2.05, 4.69) is 26.6 Å². The Bertz CT molecular complexity index is 331. The van der Waals surface area contributed by atoms with Crippen LogP contribution in [0.25, 0.3) is 0 Å². The number of nitrogen functional groups attached to an aromatic ring is 1. The molecule has 0 radical (unpaired) electrons. The number of thiophene rings is 1. The van der Waals surface area contributed by atoms with Crippen molar-refractivity contribution >= 4 is 39.4 Å². The molecule has 1 aliphatic rings. The van der Waals surface area contributed by atoms with Crippen molar-refractivity contribution in [1.29, 1.82) is 0 Å². The molecule has 0 aromatic carbocycles. The molecule has 2 rings (SSSR count). The van der Waals surface area contributed by atoms with E-state index in [4.69, 9.17) is 5.73 Å². The Morgan fingerprint density at radius 3 is 2.82 bits per heavy atom. The van der Waals surface area contributed by atoms with Crippen LogP contribution in [0, 0.1) is 6.92 Å². The first-order chi connectivity index (χ1) is 8.13. The third-order valence-corrected chi connectivity index (χ3v) is 4.10. The van der Waals surface area contributed by atoms with Crippen LogP contribution >= 0.6 is 27.3 Å². The lowest BCUT2D eigenvalue weighted by atomic mass is 10.1. The summed E-state index contributed by atoms with van der Waals surface area (Å²) in [5.74, 6) is 0. The van der Waals surface area contributed by atoms with Gasteiger partial charge in [-0.2, -0.15) is 0 Å². The number of nitrogens with two attached hydrogens (primary N) is 1. The number of rotatable bonds is 2. The fraction of sp³-hybridized carbons (Fsp3) is 0.545. The Morgan fingerprint density at radius 2 is 2.47 bits per heavy atom. The Morgan fingerprint density at radius 1 is 1.71 bits per heavy atom. The minimum atomic E-state index is 0.372. The van der Waals surface area contributed by atoms with E-state index >= 15 is 0 Å². The van der Waals surface area contributed by atoms with Crippen LogP contribution < -0.4 is 16.4 Å². The zero-order valence-electron chi connectivity index (χ0n) is 9.83. The molecule has 17 heavy (non-hydrogen) atoms. The third-order valence-electron chi connectivity index (χ3n) is 2.53. The van der Waals surface area contributed by atoms with Crippen LogP contribution in [0.3, 0.4) is 0 Å². The van der Waals surface area contributed by atoms with Crippen molar-refractivity contribution in [3.05, 3.63) is 14.7 Å². The maximum atomic E-state index is 9.93. The molecular formula is C11H18BrN3OS. The van der Waals surface area contributed by atoms with Crippen LogP contribution in [-0.4, -0.2) is 25.5 Å². The highest BCUT2D eigenvalue weighted by molar-refractivity contribution is 9.11. The summed E-state index contributed by atoms with van der Waals surface area (Å²) >= 11 is 4.98. The second-order valence-corrected chi connectivity index (χ2v) is 6.53. The standard InChI is InChI=1S/C6H12N2O.C5H6BrNS/c9-5-8-6-2-1-3-7-4-6;1-3-4(7)2-5(6)8-3/h5-7H,1-4H2,(H,8,9);2H,7H2,1H3. The van der Waals surface area contributed by atoms with Gasteiger partial charge in [-0.3, -0.25) is 4.79 Å². The Hall–Kier alpha value is -0.590. The van der Waals surface area contributed by atoms with E-state index in [1.165, 1.54) is 11.3 Å². The van der Waals surface area contributed by atoms with Crippen molar-refractivity contribution in [2.75, 3.05) is 18.8 Å². The van der Waals surface area contributed by atoms with Gasteiger partial charge in [0, 0.05) is 23.2 Å². The predicted molar refractivity (Wildman–Crippen MR) is 76.3 cm³/mol. The number of hydrogen-bond acceptors (Lipinski definition) is 4. The van der Waals surface area contributed by atoms with Gasteiger partial charge in [0.2, 0.25) is 6.41 Å². The highest BCUT2D eigenvalue weighted by Crippen LogP contribution is 2.27. The maximum absolute atomic E-state index is 9.93. The zero-order valence-corrected chi connectivity index (χ0v) is 12.2. The van der Waals surface area contributed by atoms with E-state index in [1.807, 2.05) is 13.0 Å². The van der Waals surface area contributed by atoms with Gasteiger partial charge < -0.3 is 16.4 Å². The number of anilines is 1. The van der Waals surface area contributed by atoms with E-state index < -0.39 is 0 Å². The van der Waals surface area contributed by atoms with Gasteiger partial charge >= 0.3 is 0 Å². The van der Waals surface area contributed by atoms with Crippen molar-refractivity contribution in [3.63, 3.8) is 0 Å². The zero-order chi connectivity index (χ0) is 12.7. The molecule has 4 N–H and O–H groups in total. The number of nitrogens with one attached hydrogen (secondary N) is 2. The molecule has 1 aliphatic heterocycles. The topological polar surface area (TPSA) is 67.2 Å². The smallest absolute Gasteiger partial charge is 0.207 e. The van der Waals surface area contributed by atoms with Crippen LogP contribution in [0.2, 0.25) is 0 Å². The molecule has 0 aliphatic carbocycles. The molecule has 4 nitrogen and oxygen atoms in total. The first-order valence-electron chi connectivity index (χ1n) is 5.55. The average Bonchev–Trinajstić information content (AvgIpc) is 2.59. The molecule has 1 aromatic rings. The van der Waals surface area contributed by atoms with Gasteiger partial charge in [-0.15, -0.1) is 11.3 Å². The molecule has 1 amide bonds. The lowest BCUT2D eigenvalue weighted by Gasteiger charge is -2.21. The molecule has 6 heteroatoms. The summed E-state index contributed by atoms with van der Waals surface area (Å²) in [6.45, 7) is 4.03. The number of piperidine rings is 1. The van der Waals surface area contributed by atoms with Crippen LogP contribution in [0.5, 0.6) is 0 Å². The fourth-order valence-electron chi connectivity index (χ4n) is 1.55. The third kappa shape index (κ3) is 5.52. The van der Waals surface area contributed by atoms with Gasteiger partial charge in [0.1, 0.15) is 0 Å². The Labute approximate surface area is 114 Å². The molecule has 0 spiro atoms. The molecule has 2 heterocycles. The molecule has 1 aromatic heterocycles. The van der Waals surface area contributed by atoms with Gasteiger partial charge in [-0.1, -0.05) is 0 Å². The normalized spacial score (nSPS) is 19.1. The SMILES string of the molecule is Cc1sc(Br)cc1N.O=CNC1CCCNC1. The number of aryl methyl sites for hydroxylation is 1. The van der Waals surface area contributed by atoms with Crippen LogP contribution in [-0.2, 0) is 4.79 Å². The number of amides is 1. The second kappa shape index (κ2) is 7.68. The molecule has 1 saturated heterocycles. The summed E-state index contributed by atoms with van der Waals surface area (Å²) < 4.78 is 1.10. The van der Waals surface area contributed by atoms with Crippen molar-refractivity contribution < 1.29 is 4.79 Å². The molecule has 1 atom stereocenters. The number of hydrogen-bond donors (Lipinski definition) is 3. The average molecular weight is 320 g/mol. The predicted octanol–water partition coefficient (Wildman–Crippen LogP) is 1.89. The monoisotopic (exact) mass is 319 g/mol. The summed E-state index contributed by atoms with van der Waals surface area (Å²) in [6, 6.07) is 2.29. The van der Waals surface area contributed by atoms with Crippen LogP contribution in [0.1, 0.15) is 17.7 Å². The van der Waals surface area contributed by atoms with Crippen molar-refractivity contribution in [2.45, 2.75) is 25.8 Å². The lowest BCUT2D eigenvalue weighted by molar-refractivity contribution is -0.110. The Balaban J connectivity index is 0.000000171. The van der Waals surface area contributed by atoms with Crippen LogP contribution in [0.15, 0.2) is 9.85 Å². The van der Waals surface area contributed by atoms with Crippen LogP contribution in [0.4, 0.5) is 5.69 Å². The molecule has 0 saturated carbocycles. The fourth-order valence-corrected chi connectivity index (χ4v) is 3.18. The summed E-state index contributed by atoms with van der Waals surface area (Å²) in [6.07, 6.45) is 3.06. The molecule has 1 unspecified atom stereocenters. The van der Waals surface area contributed by atoms with E-state index in [-0.39, 0.29) is 0 Å². The van der Waals surface area contributed by atoms with Crippen molar-refractivity contribution in [1.82, 2.24) is 10.6 Å². The highest BCUT2D eigenvalue weighted by Gasteiger charge is 2.09. The summed E-state index contributed by atoms with van der Waals surface area (Å²) in [4.78, 5) is 11.1. The number of halogens is 1. The van der Waals surface area contributed by atoms with Gasteiger partial charge in [0.05, 0.1) is 3.79 Å². The van der Waals surface area contributed by atoms with Gasteiger partial charge in [0.15, 0.2) is 0 Å². The minimum absolute atomic E-state index is 0.372. The summed E-state index contributed by atoms with van der Waals surface area (Å²) in [7, 11) is 0. The second-order valence-electron chi connectivity index (χ2n) is 3.89. The van der Waals surface area contributed by atoms with Gasteiger partial charge in [0.25, 0.3) is 0 Å². The van der Waals surface area contributed by atoms with Crippen molar-refractivity contribution in [2.24, 2.45) is 0 Å². The maximum Gasteiger partial charge on any atom is 0.207 e. The van der Waals surface area contributed by atoms with E-state index in [0.29, 0.717) is 6.04 Å². The van der Waals surface area contributed by atoms with E-state index in [1.54, 1.807) is 11.3 Å². The summed E-state index contributed by atoms with van der Waals surface area (Å²) in [5.41, 5.74) is 6.40. The Kier molecular flexibility index (Phi) is 6.54. The largest absolute Gasteiger partial charge is 0.398 e. The molecular weight excluding hydrogens is 302 g/mol. The first-order valence-corrected chi connectivity index (χ1v) is 7.16. The quantitative estimate of drug-likeness (QED) is 0.729. The highest BCUT2D eigenvalue weighted by atomic mass is 79.9. The molecule has 96 valence electrons. The summed E-state index contributed by atoms with van der Waals surface area (Å²) in [5, 5.41) is 5.94. The van der Waals surface area contributed by atoms with E-state index in [0.717, 1.165) is 35.4 Å². The first kappa shape index (κ1) is 14.5. The molecule has 0 bridgehead atoms. The molecule has 1 fully saturated rings. The van der Waals surface area contributed by atoms with E-state index in [9.17, 15) is 4.79 Å². The minimum Gasteiger partial charge on any atom is -0.398 e. The van der Waals surface area contributed by atoms with Gasteiger partial charge in [-0.05, 0) is 48.3 Å². The number of carbonyl (C=O) groups excluding carboxylic acids is 1.